The monoisotopic (exact) mass is 275 g/mol. The molecule has 0 radical (unpaired) electrons. The van der Waals surface area contributed by atoms with Crippen LogP contribution >= 0.6 is 0 Å². The SMILES string of the molecule is C1=C(c2ccccc2)CCN(C2CC2c2ccccc2)C1. The lowest BCUT2D eigenvalue weighted by Crippen LogP contribution is -2.31. The zero-order valence-electron chi connectivity index (χ0n) is 12.3. The molecule has 0 saturated heterocycles. The van der Waals surface area contributed by atoms with Crippen LogP contribution in [0.15, 0.2) is 66.7 Å². The van der Waals surface area contributed by atoms with Gasteiger partial charge in [-0.15, -0.1) is 0 Å². The second-order valence-corrected chi connectivity index (χ2v) is 6.16. The summed E-state index contributed by atoms with van der Waals surface area (Å²) in [5.74, 6) is 0.762. The third-order valence-electron chi connectivity index (χ3n) is 4.84. The molecule has 106 valence electrons. The van der Waals surface area contributed by atoms with Crippen molar-refractivity contribution in [3.63, 3.8) is 0 Å². The molecule has 0 amide bonds. The second-order valence-electron chi connectivity index (χ2n) is 6.16. The highest BCUT2D eigenvalue weighted by atomic mass is 15.2. The van der Waals surface area contributed by atoms with Crippen molar-refractivity contribution in [1.29, 1.82) is 0 Å². The fourth-order valence-corrected chi connectivity index (χ4v) is 3.54. The lowest BCUT2D eigenvalue weighted by Gasteiger charge is -2.27. The molecule has 1 saturated carbocycles. The van der Waals surface area contributed by atoms with Crippen LogP contribution in [0.5, 0.6) is 0 Å². The maximum atomic E-state index is 2.66. The molecule has 2 aromatic rings. The summed E-state index contributed by atoms with van der Waals surface area (Å²) in [4.78, 5) is 2.66. The Labute approximate surface area is 126 Å². The Balaban J connectivity index is 1.41. The van der Waals surface area contributed by atoms with Crippen molar-refractivity contribution in [1.82, 2.24) is 4.90 Å². The van der Waals surface area contributed by atoms with Crippen LogP contribution in [0.2, 0.25) is 0 Å². The normalized spacial score (nSPS) is 25.4. The van der Waals surface area contributed by atoms with E-state index in [4.69, 9.17) is 0 Å². The first-order valence-electron chi connectivity index (χ1n) is 7.95. The molecule has 1 nitrogen and oxygen atoms in total. The summed E-state index contributed by atoms with van der Waals surface area (Å²) in [6.07, 6.45) is 4.94. The van der Waals surface area contributed by atoms with Crippen LogP contribution in [-0.4, -0.2) is 24.0 Å². The summed E-state index contributed by atoms with van der Waals surface area (Å²) >= 11 is 0. The highest BCUT2D eigenvalue weighted by molar-refractivity contribution is 5.66. The van der Waals surface area contributed by atoms with Crippen molar-refractivity contribution in [2.75, 3.05) is 13.1 Å². The van der Waals surface area contributed by atoms with Gasteiger partial charge in [0.25, 0.3) is 0 Å². The van der Waals surface area contributed by atoms with Gasteiger partial charge in [-0.2, -0.15) is 0 Å². The molecular formula is C20H21N. The molecule has 1 aliphatic carbocycles. The number of hydrogen-bond donors (Lipinski definition) is 0. The average Bonchev–Trinajstić information content (AvgIpc) is 3.37. The standard InChI is InChI=1S/C20H21N/c1-3-7-16(8-4-1)17-11-13-21(14-12-17)20-15-19(20)18-9-5-2-6-10-18/h1-11,19-20H,12-15H2. The number of rotatable bonds is 3. The first-order valence-corrected chi connectivity index (χ1v) is 7.95. The molecule has 2 unspecified atom stereocenters. The van der Waals surface area contributed by atoms with Crippen molar-refractivity contribution in [3.05, 3.63) is 77.9 Å². The average molecular weight is 275 g/mol. The zero-order valence-corrected chi connectivity index (χ0v) is 12.3. The highest BCUT2D eigenvalue weighted by Crippen LogP contribution is 2.45. The predicted molar refractivity (Wildman–Crippen MR) is 88.2 cm³/mol. The van der Waals surface area contributed by atoms with Gasteiger partial charge in [0.05, 0.1) is 0 Å². The van der Waals surface area contributed by atoms with Gasteiger partial charge in [-0.05, 0) is 29.5 Å². The molecule has 1 heteroatoms. The molecule has 0 aromatic heterocycles. The number of hydrogen-bond acceptors (Lipinski definition) is 1. The Morgan fingerprint density at radius 1 is 0.857 bits per heavy atom. The van der Waals surface area contributed by atoms with Crippen LogP contribution in [0.3, 0.4) is 0 Å². The fraction of sp³-hybridized carbons (Fsp3) is 0.300. The quantitative estimate of drug-likeness (QED) is 0.806. The predicted octanol–water partition coefficient (Wildman–Crippen LogP) is 4.33. The van der Waals surface area contributed by atoms with Gasteiger partial charge < -0.3 is 0 Å². The van der Waals surface area contributed by atoms with E-state index < -0.39 is 0 Å². The van der Waals surface area contributed by atoms with Gasteiger partial charge in [0.2, 0.25) is 0 Å². The minimum atomic E-state index is 0.762. The van der Waals surface area contributed by atoms with Gasteiger partial charge in [-0.1, -0.05) is 66.7 Å². The summed E-state index contributed by atoms with van der Waals surface area (Å²) < 4.78 is 0. The van der Waals surface area contributed by atoms with Crippen LogP contribution in [0, 0.1) is 0 Å². The van der Waals surface area contributed by atoms with Crippen LogP contribution < -0.4 is 0 Å². The van der Waals surface area contributed by atoms with Crippen LogP contribution in [0.4, 0.5) is 0 Å². The number of benzene rings is 2. The van der Waals surface area contributed by atoms with E-state index in [1.54, 1.807) is 0 Å². The minimum Gasteiger partial charge on any atom is -0.296 e. The lowest BCUT2D eigenvalue weighted by molar-refractivity contribution is 0.286. The molecule has 0 N–H and O–H groups in total. The largest absolute Gasteiger partial charge is 0.296 e. The molecule has 4 rings (SSSR count). The second kappa shape index (κ2) is 5.50. The summed E-state index contributed by atoms with van der Waals surface area (Å²) in [5, 5.41) is 0. The first-order chi connectivity index (χ1) is 10.4. The Morgan fingerprint density at radius 3 is 2.24 bits per heavy atom. The summed E-state index contributed by atoms with van der Waals surface area (Å²) in [7, 11) is 0. The minimum absolute atomic E-state index is 0.762. The molecule has 21 heavy (non-hydrogen) atoms. The van der Waals surface area contributed by atoms with Gasteiger partial charge in [0.1, 0.15) is 0 Å². The van der Waals surface area contributed by atoms with Crippen LogP contribution in [-0.2, 0) is 0 Å². The van der Waals surface area contributed by atoms with E-state index in [2.05, 4.69) is 71.6 Å². The van der Waals surface area contributed by atoms with E-state index in [0.29, 0.717) is 0 Å². The molecule has 2 atom stereocenters. The maximum Gasteiger partial charge on any atom is 0.0174 e. The lowest BCUT2D eigenvalue weighted by atomic mass is 9.99. The van der Waals surface area contributed by atoms with Crippen LogP contribution in [0.1, 0.15) is 29.9 Å². The Kier molecular flexibility index (Phi) is 3.36. The Bertz CT molecular complexity index is 629. The third kappa shape index (κ3) is 2.66. The molecule has 0 bridgehead atoms. The van der Waals surface area contributed by atoms with Gasteiger partial charge >= 0.3 is 0 Å². The summed E-state index contributed by atoms with van der Waals surface area (Å²) in [6, 6.07) is 22.6. The summed E-state index contributed by atoms with van der Waals surface area (Å²) in [5.41, 5.74) is 4.43. The van der Waals surface area contributed by atoms with Crippen LogP contribution in [0.25, 0.3) is 5.57 Å². The van der Waals surface area contributed by atoms with E-state index >= 15 is 0 Å². The molecular weight excluding hydrogens is 254 g/mol. The third-order valence-corrected chi connectivity index (χ3v) is 4.84. The Morgan fingerprint density at radius 2 is 1.57 bits per heavy atom. The van der Waals surface area contributed by atoms with E-state index in [1.807, 2.05) is 0 Å². The van der Waals surface area contributed by atoms with Crippen molar-refractivity contribution in [3.8, 4) is 0 Å². The molecule has 2 aliphatic rings. The van der Waals surface area contributed by atoms with E-state index in [9.17, 15) is 0 Å². The molecule has 1 aliphatic heterocycles. The molecule has 1 heterocycles. The van der Waals surface area contributed by atoms with Gasteiger partial charge in [0.15, 0.2) is 0 Å². The van der Waals surface area contributed by atoms with E-state index in [-0.39, 0.29) is 0 Å². The smallest absolute Gasteiger partial charge is 0.0174 e. The van der Waals surface area contributed by atoms with Crippen molar-refractivity contribution >= 4 is 5.57 Å². The van der Waals surface area contributed by atoms with Crippen molar-refractivity contribution in [2.24, 2.45) is 0 Å². The molecule has 2 aromatic carbocycles. The van der Waals surface area contributed by atoms with Crippen molar-refractivity contribution in [2.45, 2.75) is 24.8 Å². The van der Waals surface area contributed by atoms with E-state index in [0.717, 1.165) is 18.5 Å². The zero-order chi connectivity index (χ0) is 14.1. The molecule has 0 spiro atoms. The van der Waals surface area contributed by atoms with Gasteiger partial charge in [-0.25, -0.2) is 0 Å². The number of nitrogens with zero attached hydrogens (tertiary/aromatic N) is 1. The topological polar surface area (TPSA) is 3.24 Å². The van der Waals surface area contributed by atoms with Gasteiger partial charge in [-0.3, -0.25) is 4.90 Å². The fourth-order valence-electron chi connectivity index (χ4n) is 3.54. The van der Waals surface area contributed by atoms with Crippen molar-refractivity contribution < 1.29 is 0 Å². The van der Waals surface area contributed by atoms with Gasteiger partial charge in [0, 0.05) is 25.0 Å². The first kappa shape index (κ1) is 12.8. The summed E-state index contributed by atoms with van der Waals surface area (Å²) in [6.45, 7) is 2.31. The van der Waals surface area contributed by atoms with E-state index in [1.165, 1.54) is 36.1 Å². The maximum absolute atomic E-state index is 2.66. The Hall–Kier alpha value is -1.86. The molecule has 1 fully saturated rings. The highest BCUT2D eigenvalue weighted by Gasteiger charge is 2.42.